The maximum Gasteiger partial charge on any atom is 0.262 e. The first-order chi connectivity index (χ1) is 7.09. The van der Waals surface area contributed by atoms with Gasteiger partial charge in [-0.25, -0.2) is 8.42 Å². The minimum Gasteiger partial charge on any atom is -0.279 e. The highest BCUT2D eigenvalue weighted by Gasteiger charge is 2.27. The van der Waals surface area contributed by atoms with Crippen molar-refractivity contribution in [2.45, 2.75) is 4.90 Å². The lowest BCUT2D eigenvalue weighted by molar-refractivity contribution is 0.603. The standard InChI is InChI=1S/C10H6ClNO2S/c11-7-4-5-9-10-6(7)2-1-3-8(10)12-15(9,13)14/h1-5,12H. The van der Waals surface area contributed by atoms with Gasteiger partial charge in [-0.05, 0) is 18.2 Å². The topological polar surface area (TPSA) is 46.2 Å². The first kappa shape index (κ1) is 9.00. The van der Waals surface area contributed by atoms with Crippen molar-refractivity contribution >= 4 is 38.1 Å². The molecule has 0 aliphatic carbocycles. The third-order valence-corrected chi connectivity index (χ3v) is 4.22. The third-order valence-electron chi connectivity index (χ3n) is 2.48. The van der Waals surface area contributed by atoms with Gasteiger partial charge >= 0.3 is 0 Å². The van der Waals surface area contributed by atoms with E-state index in [1.165, 1.54) is 6.07 Å². The Labute approximate surface area is 91.7 Å². The van der Waals surface area contributed by atoms with Crippen molar-refractivity contribution in [3.05, 3.63) is 35.4 Å². The van der Waals surface area contributed by atoms with Gasteiger partial charge in [0.05, 0.1) is 10.6 Å². The Hall–Kier alpha value is -1.26. The summed E-state index contributed by atoms with van der Waals surface area (Å²) in [6, 6.07) is 8.46. The third kappa shape index (κ3) is 1.09. The largest absolute Gasteiger partial charge is 0.279 e. The summed E-state index contributed by atoms with van der Waals surface area (Å²) in [6.45, 7) is 0. The molecular formula is C10H6ClNO2S. The quantitative estimate of drug-likeness (QED) is 0.768. The van der Waals surface area contributed by atoms with E-state index in [-0.39, 0.29) is 0 Å². The van der Waals surface area contributed by atoms with Crippen molar-refractivity contribution in [1.29, 1.82) is 0 Å². The van der Waals surface area contributed by atoms with Crippen molar-refractivity contribution in [2.24, 2.45) is 0 Å². The van der Waals surface area contributed by atoms with Crippen molar-refractivity contribution in [3.8, 4) is 0 Å². The van der Waals surface area contributed by atoms with Gasteiger partial charge in [-0.15, -0.1) is 0 Å². The molecule has 0 saturated heterocycles. The predicted molar refractivity (Wildman–Crippen MR) is 59.8 cm³/mol. The second-order valence-electron chi connectivity index (χ2n) is 3.38. The number of hydrogen-bond donors (Lipinski definition) is 1. The molecule has 15 heavy (non-hydrogen) atoms. The van der Waals surface area contributed by atoms with Crippen molar-refractivity contribution < 1.29 is 8.42 Å². The molecule has 1 N–H and O–H groups in total. The minimum atomic E-state index is -3.38. The summed E-state index contributed by atoms with van der Waals surface area (Å²) < 4.78 is 25.9. The average molecular weight is 240 g/mol. The van der Waals surface area contributed by atoms with E-state index in [0.29, 0.717) is 21.0 Å². The fourth-order valence-electron chi connectivity index (χ4n) is 1.85. The number of hydrogen-bond acceptors (Lipinski definition) is 2. The summed E-state index contributed by atoms with van der Waals surface area (Å²) in [5.74, 6) is 0. The zero-order chi connectivity index (χ0) is 10.6. The summed E-state index contributed by atoms with van der Waals surface area (Å²) in [5.41, 5.74) is 0.602. The van der Waals surface area contributed by atoms with Crippen LogP contribution < -0.4 is 4.72 Å². The van der Waals surface area contributed by atoms with Gasteiger partial charge in [0, 0.05) is 15.8 Å². The van der Waals surface area contributed by atoms with Crippen LogP contribution >= 0.6 is 11.6 Å². The van der Waals surface area contributed by atoms with Crippen molar-refractivity contribution in [2.75, 3.05) is 4.72 Å². The number of halogens is 1. The van der Waals surface area contributed by atoms with Gasteiger partial charge in [-0.1, -0.05) is 23.7 Å². The molecule has 0 atom stereocenters. The lowest BCUT2D eigenvalue weighted by atomic mass is 10.1. The molecule has 3 rings (SSSR count). The molecule has 76 valence electrons. The normalized spacial score (nSPS) is 16.6. The Morgan fingerprint density at radius 2 is 1.93 bits per heavy atom. The SMILES string of the molecule is O=S1(=O)Nc2cccc3c(Cl)ccc1c23. The molecule has 2 aromatic carbocycles. The molecule has 0 unspecified atom stereocenters. The number of anilines is 1. The molecule has 2 aromatic rings. The van der Waals surface area contributed by atoms with E-state index in [1.807, 2.05) is 6.07 Å². The molecule has 0 bridgehead atoms. The Kier molecular flexibility index (Phi) is 1.59. The van der Waals surface area contributed by atoms with Crippen LogP contribution in [-0.2, 0) is 10.0 Å². The molecule has 5 heteroatoms. The molecule has 0 spiro atoms. The maximum atomic E-state index is 11.7. The van der Waals surface area contributed by atoms with Crippen molar-refractivity contribution in [3.63, 3.8) is 0 Å². The van der Waals surface area contributed by atoms with Crippen LogP contribution in [0.1, 0.15) is 0 Å². The fraction of sp³-hybridized carbons (Fsp3) is 0. The van der Waals surface area contributed by atoms with Gasteiger partial charge < -0.3 is 0 Å². The van der Waals surface area contributed by atoms with Gasteiger partial charge in [0.2, 0.25) is 0 Å². The van der Waals surface area contributed by atoms with E-state index in [4.69, 9.17) is 11.6 Å². The van der Waals surface area contributed by atoms with E-state index in [1.54, 1.807) is 18.2 Å². The van der Waals surface area contributed by atoms with Crippen LogP contribution in [0.3, 0.4) is 0 Å². The highest BCUT2D eigenvalue weighted by Crippen LogP contribution is 2.39. The molecular weight excluding hydrogens is 234 g/mol. The van der Waals surface area contributed by atoms with Crippen LogP contribution in [0.15, 0.2) is 35.2 Å². The Morgan fingerprint density at radius 3 is 2.73 bits per heavy atom. The molecule has 0 radical (unpaired) electrons. The monoisotopic (exact) mass is 239 g/mol. The second-order valence-corrected chi connectivity index (χ2v) is 5.44. The van der Waals surface area contributed by atoms with Gasteiger partial charge in [0.25, 0.3) is 10.0 Å². The first-order valence-corrected chi connectivity index (χ1v) is 6.20. The summed E-state index contributed by atoms with van der Waals surface area (Å²) in [7, 11) is -3.38. The average Bonchev–Trinajstić information content (AvgIpc) is 2.44. The van der Waals surface area contributed by atoms with Crippen LogP contribution in [0.2, 0.25) is 5.02 Å². The molecule has 0 amide bonds. The summed E-state index contributed by atoms with van der Waals surface area (Å²) in [6.07, 6.45) is 0. The number of sulfonamides is 1. The van der Waals surface area contributed by atoms with E-state index in [0.717, 1.165) is 5.39 Å². The highest BCUT2D eigenvalue weighted by molar-refractivity contribution is 7.93. The molecule has 1 aliphatic rings. The summed E-state index contributed by atoms with van der Waals surface area (Å²) in [5, 5.41) is 2.01. The smallest absolute Gasteiger partial charge is 0.262 e. The Balaban J connectivity index is 2.63. The summed E-state index contributed by atoms with van der Waals surface area (Å²) >= 11 is 6.00. The van der Waals surface area contributed by atoms with Gasteiger partial charge in [0.1, 0.15) is 0 Å². The minimum absolute atomic E-state index is 0.303. The number of rotatable bonds is 0. The van der Waals surface area contributed by atoms with Crippen molar-refractivity contribution in [1.82, 2.24) is 0 Å². The molecule has 0 fully saturated rings. The highest BCUT2D eigenvalue weighted by atomic mass is 35.5. The van der Waals surface area contributed by atoms with Crippen LogP contribution in [0.5, 0.6) is 0 Å². The summed E-state index contributed by atoms with van der Waals surface area (Å²) in [4.78, 5) is 0.303. The number of benzene rings is 2. The number of nitrogens with one attached hydrogen (secondary N) is 1. The van der Waals surface area contributed by atoms with Crippen LogP contribution in [0.25, 0.3) is 10.8 Å². The molecule has 0 aromatic heterocycles. The van der Waals surface area contributed by atoms with E-state index < -0.39 is 10.0 Å². The van der Waals surface area contributed by atoms with E-state index >= 15 is 0 Å². The lowest BCUT2D eigenvalue weighted by Crippen LogP contribution is -2.05. The zero-order valence-corrected chi connectivity index (χ0v) is 9.06. The van der Waals surface area contributed by atoms with Crippen LogP contribution in [0.4, 0.5) is 5.69 Å². The molecule has 3 nitrogen and oxygen atoms in total. The van der Waals surface area contributed by atoms with Gasteiger partial charge in [0.15, 0.2) is 0 Å². The lowest BCUT2D eigenvalue weighted by Gasteiger charge is -1.99. The molecule has 0 saturated carbocycles. The van der Waals surface area contributed by atoms with Crippen LogP contribution in [0, 0.1) is 0 Å². The second kappa shape index (κ2) is 2.65. The van der Waals surface area contributed by atoms with Crippen LogP contribution in [-0.4, -0.2) is 8.42 Å². The zero-order valence-electron chi connectivity index (χ0n) is 7.49. The Bertz CT molecular complexity index is 679. The predicted octanol–water partition coefficient (Wildman–Crippen LogP) is 2.61. The van der Waals surface area contributed by atoms with Gasteiger partial charge in [-0.2, -0.15) is 0 Å². The first-order valence-electron chi connectivity index (χ1n) is 4.34. The van der Waals surface area contributed by atoms with E-state index in [9.17, 15) is 8.42 Å². The molecule has 1 heterocycles. The van der Waals surface area contributed by atoms with E-state index in [2.05, 4.69) is 4.72 Å². The fourth-order valence-corrected chi connectivity index (χ4v) is 3.37. The van der Waals surface area contributed by atoms with Gasteiger partial charge in [-0.3, -0.25) is 4.72 Å². The maximum absolute atomic E-state index is 11.7. The Morgan fingerprint density at radius 1 is 1.13 bits per heavy atom. The molecule has 1 aliphatic heterocycles.